The Kier molecular flexibility index (Phi) is 5.82. The molecule has 2 heterocycles. The molecule has 3 atom stereocenters. The number of halogens is 5. The molecule has 0 radical (unpaired) electrons. The number of amides is 1. The molecule has 2 N–H and O–H groups in total. The molecule has 1 aliphatic rings. The maximum Gasteiger partial charge on any atom is 0.410 e. The molecule has 0 saturated heterocycles. The van der Waals surface area contributed by atoms with E-state index in [9.17, 15) is 18.0 Å². The summed E-state index contributed by atoms with van der Waals surface area (Å²) in [6, 6.07) is 3.81. The molecule has 2 aromatic rings. The monoisotopic (exact) mass is 434 g/mol. The summed E-state index contributed by atoms with van der Waals surface area (Å²) in [5.74, 6) is -0.628. The Morgan fingerprint density at radius 1 is 1.36 bits per heavy atom. The second kappa shape index (κ2) is 7.83. The third-order valence-corrected chi connectivity index (χ3v) is 5.38. The SMILES string of the molecule is CC[C@@H](C)NC(=O)c1nn2c(c1Cl)N[C@@H](c1ccc(Cl)cc1)C[C@H]2C(F)(F)F. The average molecular weight is 435 g/mol. The third-order valence-electron chi connectivity index (χ3n) is 4.77. The van der Waals surface area contributed by atoms with Gasteiger partial charge in [0.25, 0.3) is 5.91 Å². The number of fused-ring (bicyclic) bond motifs is 1. The van der Waals surface area contributed by atoms with Gasteiger partial charge in [0, 0.05) is 17.5 Å². The van der Waals surface area contributed by atoms with Gasteiger partial charge < -0.3 is 10.6 Å². The number of alkyl halides is 3. The highest BCUT2D eigenvalue weighted by atomic mass is 35.5. The molecular formula is C18H19Cl2F3N4O. The first-order chi connectivity index (χ1) is 13.1. The molecule has 1 aromatic carbocycles. The summed E-state index contributed by atoms with van der Waals surface area (Å²) in [5, 5.41) is 9.92. The summed E-state index contributed by atoms with van der Waals surface area (Å²) in [7, 11) is 0. The number of hydrogen-bond acceptors (Lipinski definition) is 3. The van der Waals surface area contributed by atoms with Crippen LogP contribution in [0.2, 0.25) is 10.0 Å². The van der Waals surface area contributed by atoms with Crippen molar-refractivity contribution >= 4 is 34.9 Å². The van der Waals surface area contributed by atoms with Crippen molar-refractivity contribution in [1.82, 2.24) is 15.1 Å². The lowest BCUT2D eigenvalue weighted by atomic mass is 9.97. The summed E-state index contributed by atoms with van der Waals surface area (Å²) in [6.45, 7) is 3.66. The van der Waals surface area contributed by atoms with Crippen LogP contribution in [0.4, 0.5) is 19.0 Å². The molecule has 0 spiro atoms. The molecule has 28 heavy (non-hydrogen) atoms. The lowest BCUT2D eigenvalue weighted by Gasteiger charge is -2.33. The third kappa shape index (κ3) is 4.07. The quantitative estimate of drug-likeness (QED) is 0.678. The van der Waals surface area contributed by atoms with Crippen LogP contribution in [0.1, 0.15) is 54.8 Å². The van der Waals surface area contributed by atoms with Crippen molar-refractivity contribution in [2.24, 2.45) is 0 Å². The van der Waals surface area contributed by atoms with Crippen molar-refractivity contribution in [2.75, 3.05) is 5.32 Å². The van der Waals surface area contributed by atoms with Gasteiger partial charge in [0.05, 0.1) is 6.04 Å². The van der Waals surface area contributed by atoms with Gasteiger partial charge in [0.2, 0.25) is 0 Å². The Hall–Kier alpha value is -1.93. The number of nitrogens with zero attached hydrogens (tertiary/aromatic N) is 2. The number of benzene rings is 1. The first kappa shape index (κ1) is 20.8. The second-order valence-corrected chi connectivity index (χ2v) is 7.59. The van der Waals surface area contributed by atoms with E-state index in [1.807, 2.05) is 6.92 Å². The van der Waals surface area contributed by atoms with Crippen LogP contribution in [0.5, 0.6) is 0 Å². The summed E-state index contributed by atoms with van der Waals surface area (Å²) >= 11 is 12.1. The van der Waals surface area contributed by atoms with Crippen molar-refractivity contribution in [3.63, 3.8) is 0 Å². The lowest BCUT2D eigenvalue weighted by molar-refractivity contribution is -0.173. The van der Waals surface area contributed by atoms with Crippen LogP contribution in [0, 0.1) is 0 Å². The van der Waals surface area contributed by atoms with Gasteiger partial charge in [-0.2, -0.15) is 18.3 Å². The zero-order chi connectivity index (χ0) is 20.6. The van der Waals surface area contributed by atoms with Crippen LogP contribution in [-0.4, -0.2) is 27.9 Å². The van der Waals surface area contributed by atoms with Gasteiger partial charge in [-0.25, -0.2) is 4.68 Å². The normalized spacial score (nSPS) is 20.2. The van der Waals surface area contributed by atoms with E-state index in [1.165, 1.54) is 0 Å². The molecule has 0 unspecified atom stereocenters. The maximum absolute atomic E-state index is 13.7. The van der Waals surface area contributed by atoms with Crippen LogP contribution >= 0.6 is 23.2 Å². The summed E-state index contributed by atoms with van der Waals surface area (Å²) in [6.07, 6.45) is -4.18. The fraction of sp³-hybridized carbons (Fsp3) is 0.444. The van der Waals surface area contributed by atoms with E-state index in [-0.39, 0.29) is 29.0 Å². The molecule has 0 aliphatic carbocycles. The summed E-state index contributed by atoms with van der Waals surface area (Å²) < 4.78 is 41.9. The zero-order valence-corrected chi connectivity index (χ0v) is 16.7. The maximum atomic E-state index is 13.7. The van der Waals surface area contributed by atoms with Gasteiger partial charge in [-0.15, -0.1) is 0 Å². The van der Waals surface area contributed by atoms with Gasteiger partial charge in [0.15, 0.2) is 11.7 Å². The smallest absolute Gasteiger partial charge is 0.362 e. The predicted molar refractivity (Wildman–Crippen MR) is 102 cm³/mol. The van der Waals surface area contributed by atoms with E-state index in [0.717, 1.165) is 4.68 Å². The molecule has 3 rings (SSSR count). The van der Waals surface area contributed by atoms with Crippen LogP contribution in [-0.2, 0) is 0 Å². The zero-order valence-electron chi connectivity index (χ0n) is 15.1. The van der Waals surface area contributed by atoms with Crippen LogP contribution in [0.15, 0.2) is 24.3 Å². The molecule has 0 fully saturated rings. The van der Waals surface area contributed by atoms with Gasteiger partial charge in [-0.1, -0.05) is 42.3 Å². The van der Waals surface area contributed by atoms with Crippen molar-refractivity contribution < 1.29 is 18.0 Å². The number of carbonyl (C=O) groups excluding carboxylic acids is 1. The van der Waals surface area contributed by atoms with Crippen molar-refractivity contribution in [3.8, 4) is 0 Å². The molecule has 0 saturated carbocycles. The fourth-order valence-electron chi connectivity index (χ4n) is 3.04. The molecule has 1 aromatic heterocycles. The Morgan fingerprint density at radius 2 is 2.00 bits per heavy atom. The molecule has 0 bridgehead atoms. The van der Waals surface area contributed by atoms with E-state index in [4.69, 9.17) is 23.2 Å². The number of anilines is 1. The van der Waals surface area contributed by atoms with E-state index < -0.39 is 24.2 Å². The Bertz CT molecular complexity index is 867. The molecule has 10 heteroatoms. The van der Waals surface area contributed by atoms with Gasteiger partial charge in [-0.3, -0.25) is 4.79 Å². The minimum Gasteiger partial charge on any atom is -0.362 e. The largest absolute Gasteiger partial charge is 0.410 e. The molecule has 5 nitrogen and oxygen atoms in total. The topological polar surface area (TPSA) is 59.0 Å². The van der Waals surface area contributed by atoms with E-state index in [2.05, 4.69) is 15.7 Å². The Labute approximate surface area is 170 Å². The first-order valence-electron chi connectivity index (χ1n) is 8.79. The highest BCUT2D eigenvalue weighted by molar-refractivity contribution is 6.36. The van der Waals surface area contributed by atoms with Crippen LogP contribution in [0.25, 0.3) is 0 Å². The average Bonchev–Trinajstić information content (AvgIpc) is 2.97. The first-order valence-corrected chi connectivity index (χ1v) is 9.55. The minimum atomic E-state index is -4.55. The Morgan fingerprint density at radius 3 is 2.57 bits per heavy atom. The lowest BCUT2D eigenvalue weighted by Crippen LogP contribution is -2.36. The number of aromatic nitrogens is 2. The van der Waals surface area contributed by atoms with Crippen molar-refractivity contribution in [3.05, 3.63) is 45.6 Å². The van der Waals surface area contributed by atoms with Crippen molar-refractivity contribution in [1.29, 1.82) is 0 Å². The van der Waals surface area contributed by atoms with E-state index in [1.54, 1.807) is 31.2 Å². The molecule has 1 amide bonds. The minimum absolute atomic E-state index is 0.0236. The van der Waals surface area contributed by atoms with Gasteiger partial charge in [0.1, 0.15) is 10.8 Å². The Balaban J connectivity index is 2.00. The number of carbonyl (C=O) groups is 1. The molecular weight excluding hydrogens is 416 g/mol. The molecule has 1 aliphatic heterocycles. The second-order valence-electron chi connectivity index (χ2n) is 6.78. The number of hydrogen-bond donors (Lipinski definition) is 2. The standard InChI is InChI=1S/C18H19Cl2F3N4O/c1-3-9(2)24-17(28)15-14(20)16-25-12(10-4-6-11(19)7-5-10)8-13(18(21,22)23)27(16)26-15/h4-7,9,12-13,25H,3,8H2,1-2H3,(H,24,28)/t9-,12-,13+/m1/s1. The summed E-state index contributed by atoms with van der Waals surface area (Å²) in [5.41, 5.74) is 0.406. The van der Waals surface area contributed by atoms with Crippen LogP contribution < -0.4 is 10.6 Å². The highest BCUT2D eigenvalue weighted by Crippen LogP contribution is 2.46. The van der Waals surface area contributed by atoms with E-state index >= 15 is 0 Å². The van der Waals surface area contributed by atoms with E-state index in [0.29, 0.717) is 17.0 Å². The van der Waals surface area contributed by atoms with Crippen LogP contribution in [0.3, 0.4) is 0 Å². The van der Waals surface area contributed by atoms with Gasteiger partial charge in [-0.05, 0) is 31.0 Å². The number of nitrogens with one attached hydrogen (secondary N) is 2. The van der Waals surface area contributed by atoms with Gasteiger partial charge >= 0.3 is 6.18 Å². The van der Waals surface area contributed by atoms with Crippen molar-refractivity contribution in [2.45, 2.75) is 51.0 Å². The summed E-state index contributed by atoms with van der Waals surface area (Å²) in [4.78, 5) is 12.4. The highest BCUT2D eigenvalue weighted by Gasteiger charge is 2.47. The predicted octanol–water partition coefficient (Wildman–Crippen LogP) is 5.38. The molecule has 152 valence electrons. The fourth-order valence-corrected chi connectivity index (χ4v) is 3.43. The number of rotatable bonds is 4.